The fourth-order valence-electron chi connectivity index (χ4n) is 3.33. The number of anilines is 1. The average Bonchev–Trinajstić information content (AvgIpc) is 2.91. The van der Waals surface area contributed by atoms with Crippen molar-refractivity contribution in [3.8, 4) is 11.5 Å². The fourth-order valence-corrected chi connectivity index (χ4v) is 3.33. The van der Waals surface area contributed by atoms with Gasteiger partial charge in [-0.25, -0.2) is 4.79 Å². The van der Waals surface area contributed by atoms with Crippen LogP contribution in [-0.4, -0.2) is 45.0 Å². The molecule has 0 atom stereocenters. The van der Waals surface area contributed by atoms with E-state index in [2.05, 4.69) is 15.4 Å². The number of hydrogen-bond donors (Lipinski definition) is 0. The molecule has 0 heterocycles. The Kier molecular flexibility index (Phi) is 9.20. The number of oxime groups is 1. The summed E-state index contributed by atoms with van der Waals surface area (Å²) in [5, 5.41) is 12.4. The van der Waals surface area contributed by atoms with Crippen LogP contribution in [-0.2, 0) is 15.8 Å². The van der Waals surface area contributed by atoms with E-state index in [4.69, 9.17) is 14.3 Å². The van der Waals surface area contributed by atoms with Gasteiger partial charge in [-0.15, -0.1) is 0 Å². The standard InChI is InChI=1S/C27H25F3N4O4/c1-18(32-31-17-20-8-5-6-11-24(20)34(2)26(35)36-3)25(33-37-4)19-12-14-22(15-13-19)38-23-10-7-9-21(16-23)27(28,29)30/h5-17H,1-4H3. The van der Waals surface area contributed by atoms with Gasteiger partial charge in [-0.3, -0.25) is 4.90 Å². The van der Waals surface area contributed by atoms with E-state index in [0.717, 1.165) is 12.1 Å². The quantitative estimate of drug-likeness (QED) is 0.246. The summed E-state index contributed by atoms with van der Waals surface area (Å²) in [5.74, 6) is 0.396. The number of carbonyl (C=O) groups excluding carboxylic acids is 1. The van der Waals surface area contributed by atoms with E-state index in [1.165, 1.54) is 37.5 Å². The van der Waals surface area contributed by atoms with Gasteiger partial charge >= 0.3 is 12.3 Å². The number of alkyl halides is 3. The maximum atomic E-state index is 13.0. The highest BCUT2D eigenvalue weighted by molar-refractivity contribution is 6.47. The number of halogens is 3. The normalized spacial score (nSPS) is 12.4. The summed E-state index contributed by atoms with van der Waals surface area (Å²) in [6.07, 6.45) is -3.50. The van der Waals surface area contributed by atoms with E-state index in [0.29, 0.717) is 34.0 Å². The van der Waals surface area contributed by atoms with Gasteiger partial charge in [0.1, 0.15) is 24.3 Å². The summed E-state index contributed by atoms with van der Waals surface area (Å²) in [5.41, 5.74) is 1.85. The molecule has 0 aliphatic rings. The minimum absolute atomic E-state index is 0.0589. The van der Waals surface area contributed by atoms with Crippen molar-refractivity contribution in [2.75, 3.05) is 26.2 Å². The summed E-state index contributed by atoms with van der Waals surface area (Å²) in [6.45, 7) is 1.69. The zero-order valence-electron chi connectivity index (χ0n) is 21.1. The number of benzene rings is 3. The van der Waals surface area contributed by atoms with Crippen LogP contribution in [0, 0.1) is 0 Å². The predicted octanol–water partition coefficient (Wildman–Crippen LogP) is 6.55. The van der Waals surface area contributed by atoms with Crippen LogP contribution < -0.4 is 9.64 Å². The lowest BCUT2D eigenvalue weighted by atomic mass is 10.1. The van der Waals surface area contributed by atoms with Crippen molar-refractivity contribution < 1.29 is 32.3 Å². The molecule has 8 nitrogen and oxygen atoms in total. The Balaban J connectivity index is 1.78. The zero-order valence-corrected chi connectivity index (χ0v) is 21.1. The van der Waals surface area contributed by atoms with Gasteiger partial charge in [-0.1, -0.05) is 29.4 Å². The van der Waals surface area contributed by atoms with Crippen molar-refractivity contribution in [1.29, 1.82) is 0 Å². The SMILES string of the molecule is CON=C(C(C)=NN=Cc1ccccc1N(C)C(=O)OC)c1ccc(Oc2cccc(C(F)(F)F)c2)cc1. The second kappa shape index (κ2) is 12.5. The topological polar surface area (TPSA) is 85.1 Å². The maximum Gasteiger partial charge on any atom is 0.416 e. The van der Waals surface area contributed by atoms with Crippen LogP contribution in [0.25, 0.3) is 0 Å². The van der Waals surface area contributed by atoms with Crippen molar-refractivity contribution in [2.45, 2.75) is 13.1 Å². The number of para-hydroxylation sites is 1. The number of nitrogens with zero attached hydrogens (tertiary/aromatic N) is 4. The molecule has 0 aliphatic heterocycles. The third kappa shape index (κ3) is 7.19. The Bertz CT molecular complexity index is 1350. The van der Waals surface area contributed by atoms with Crippen molar-refractivity contribution in [3.63, 3.8) is 0 Å². The van der Waals surface area contributed by atoms with Gasteiger partial charge < -0.3 is 14.3 Å². The van der Waals surface area contributed by atoms with Crippen molar-refractivity contribution in [3.05, 3.63) is 89.5 Å². The smallest absolute Gasteiger partial charge is 0.416 e. The molecule has 0 aliphatic carbocycles. The highest BCUT2D eigenvalue weighted by atomic mass is 19.4. The molecule has 0 radical (unpaired) electrons. The lowest BCUT2D eigenvalue weighted by molar-refractivity contribution is -0.137. The van der Waals surface area contributed by atoms with E-state index < -0.39 is 17.8 Å². The Labute approximate surface area is 217 Å². The number of methoxy groups -OCH3 is 1. The first-order chi connectivity index (χ1) is 18.1. The second-order valence-corrected chi connectivity index (χ2v) is 7.79. The molecule has 3 aromatic carbocycles. The van der Waals surface area contributed by atoms with Gasteiger partial charge in [-0.05, 0) is 55.5 Å². The first kappa shape index (κ1) is 27.9. The van der Waals surface area contributed by atoms with Crippen molar-refractivity contribution in [1.82, 2.24) is 0 Å². The van der Waals surface area contributed by atoms with Crippen LogP contribution in [0.4, 0.5) is 23.7 Å². The summed E-state index contributed by atoms with van der Waals surface area (Å²) < 4.78 is 49.2. The molecule has 0 N–H and O–H groups in total. The number of ether oxygens (including phenoxy) is 2. The highest BCUT2D eigenvalue weighted by Crippen LogP contribution is 2.32. The third-order valence-corrected chi connectivity index (χ3v) is 5.20. The van der Waals surface area contributed by atoms with Crippen molar-refractivity contribution >= 4 is 29.4 Å². The molecule has 198 valence electrons. The average molecular weight is 527 g/mol. The third-order valence-electron chi connectivity index (χ3n) is 5.20. The number of rotatable bonds is 8. The van der Waals surface area contributed by atoms with Gasteiger partial charge in [0.25, 0.3) is 0 Å². The maximum absolute atomic E-state index is 13.0. The molecule has 0 bridgehead atoms. The molecule has 1 amide bonds. The predicted molar refractivity (Wildman–Crippen MR) is 139 cm³/mol. The van der Waals surface area contributed by atoms with Gasteiger partial charge in [0.05, 0.1) is 30.3 Å². The van der Waals surface area contributed by atoms with Gasteiger partial charge in [-0.2, -0.15) is 23.4 Å². The number of amides is 1. The van der Waals surface area contributed by atoms with Crippen LogP contribution >= 0.6 is 0 Å². The van der Waals surface area contributed by atoms with Crippen LogP contribution in [0.15, 0.2) is 88.2 Å². The first-order valence-corrected chi connectivity index (χ1v) is 11.2. The molecule has 3 aromatic rings. The number of carbonyl (C=O) groups is 1. The minimum atomic E-state index is -4.46. The molecule has 3 rings (SSSR count). The Morgan fingerprint density at radius 3 is 2.32 bits per heavy atom. The number of hydrogen-bond acceptors (Lipinski definition) is 7. The van der Waals surface area contributed by atoms with Crippen LogP contribution in [0.2, 0.25) is 0 Å². The van der Waals surface area contributed by atoms with Crippen molar-refractivity contribution in [2.24, 2.45) is 15.4 Å². The van der Waals surface area contributed by atoms with E-state index >= 15 is 0 Å². The highest BCUT2D eigenvalue weighted by Gasteiger charge is 2.30. The molecule has 0 saturated heterocycles. The lowest BCUT2D eigenvalue weighted by Gasteiger charge is -2.17. The van der Waals surface area contributed by atoms with Crippen LogP contribution in [0.5, 0.6) is 11.5 Å². The summed E-state index contributed by atoms with van der Waals surface area (Å²) in [7, 11) is 4.27. The Hall–Kier alpha value is -4.67. The largest absolute Gasteiger partial charge is 0.457 e. The summed E-state index contributed by atoms with van der Waals surface area (Å²) >= 11 is 0. The Morgan fingerprint density at radius 2 is 1.66 bits per heavy atom. The molecule has 0 aromatic heterocycles. The van der Waals surface area contributed by atoms with E-state index in [1.807, 2.05) is 0 Å². The van der Waals surface area contributed by atoms with Crippen LogP contribution in [0.1, 0.15) is 23.6 Å². The Morgan fingerprint density at radius 1 is 0.947 bits per heavy atom. The van der Waals surface area contributed by atoms with Gasteiger partial charge in [0, 0.05) is 18.2 Å². The van der Waals surface area contributed by atoms with E-state index in [9.17, 15) is 18.0 Å². The summed E-state index contributed by atoms with van der Waals surface area (Å²) in [6, 6.07) is 18.3. The molecular formula is C27H25F3N4O4. The zero-order chi connectivity index (χ0) is 27.7. The molecule has 0 saturated carbocycles. The molecule has 0 spiro atoms. The molecular weight excluding hydrogens is 501 g/mol. The van der Waals surface area contributed by atoms with E-state index in [1.54, 1.807) is 62.5 Å². The monoisotopic (exact) mass is 526 g/mol. The van der Waals surface area contributed by atoms with Gasteiger partial charge in [0.2, 0.25) is 0 Å². The molecule has 0 unspecified atom stereocenters. The second-order valence-electron chi connectivity index (χ2n) is 7.79. The minimum Gasteiger partial charge on any atom is -0.457 e. The van der Waals surface area contributed by atoms with Crippen LogP contribution in [0.3, 0.4) is 0 Å². The molecule has 11 heteroatoms. The molecule has 0 fully saturated rings. The fraction of sp³-hybridized carbons (Fsp3) is 0.185. The molecule has 38 heavy (non-hydrogen) atoms. The van der Waals surface area contributed by atoms with Gasteiger partial charge in [0.15, 0.2) is 0 Å². The lowest BCUT2D eigenvalue weighted by Crippen LogP contribution is -2.26. The van der Waals surface area contributed by atoms with E-state index in [-0.39, 0.29) is 5.75 Å². The first-order valence-electron chi connectivity index (χ1n) is 11.2. The summed E-state index contributed by atoms with van der Waals surface area (Å²) in [4.78, 5) is 18.2.